The number of ether oxygens (including phenoxy) is 1. The smallest absolute Gasteiger partial charge is 0.286 e. The maximum atomic E-state index is 12.4. The summed E-state index contributed by atoms with van der Waals surface area (Å²) in [7, 11) is 0. The lowest BCUT2D eigenvalue weighted by Crippen LogP contribution is -2.41. The van der Waals surface area contributed by atoms with Crippen LogP contribution < -0.4 is 15.6 Å². The van der Waals surface area contributed by atoms with E-state index in [9.17, 15) is 9.59 Å². The molecule has 0 aliphatic rings. The molecule has 0 aliphatic carbocycles. The summed E-state index contributed by atoms with van der Waals surface area (Å²) in [5.74, 6) is 0.0807. The Labute approximate surface area is 163 Å². The summed E-state index contributed by atoms with van der Waals surface area (Å²) in [6, 6.07) is 8.35. The van der Waals surface area contributed by atoms with Crippen molar-refractivity contribution in [3.05, 3.63) is 69.3 Å². The molecular weight excluding hydrogens is 416 g/mol. The molecule has 9 heteroatoms. The zero-order valence-corrected chi connectivity index (χ0v) is 16.2. The van der Waals surface area contributed by atoms with Crippen molar-refractivity contribution in [2.75, 3.05) is 0 Å². The molecule has 2 aromatic heterocycles. The quantitative estimate of drug-likeness (QED) is 0.536. The van der Waals surface area contributed by atoms with Crippen molar-refractivity contribution in [1.29, 1.82) is 0 Å². The standard InChI is InChI=1S/C18H17BrN4O4/c1-10-14(11(2)27-23-10)9-26-16-6-4-3-5-13(16)17(24)21-22-18(25)15-7-12(19)8-20-15/h3-8,20H,9H2,1-2H3,(H,21,24)(H,22,25). The van der Waals surface area contributed by atoms with E-state index in [1.54, 1.807) is 43.5 Å². The highest BCUT2D eigenvalue weighted by Crippen LogP contribution is 2.21. The number of H-pyrrole nitrogens is 1. The van der Waals surface area contributed by atoms with Crippen LogP contribution >= 0.6 is 15.9 Å². The number of rotatable bonds is 5. The summed E-state index contributed by atoms with van der Waals surface area (Å²) in [6.45, 7) is 3.84. The third-order valence-electron chi connectivity index (χ3n) is 3.87. The van der Waals surface area contributed by atoms with Crippen LogP contribution in [0, 0.1) is 13.8 Å². The fraction of sp³-hybridized carbons (Fsp3) is 0.167. The van der Waals surface area contributed by atoms with Crippen molar-refractivity contribution in [2.45, 2.75) is 20.5 Å². The normalized spacial score (nSPS) is 10.5. The number of aromatic amines is 1. The SMILES string of the molecule is Cc1noc(C)c1COc1ccccc1C(=O)NNC(=O)c1cc(Br)c[nH]1. The lowest BCUT2D eigenvalue weighted by Gasteiger charge is -2.12. The Morgan fingerprint density at radius 1 is 1.22 bits per heavy atom. The Hall–Kier alpha value is -3.07. The lowest BCUT2D eigenvalue weighted by atomic mass is 10.2. The number of carbonyl (C=O) groups is 2. The molecule has 3 N–H and O–H groups in total. The van der Waals surface area contributed by atoms with Crippen LogP contribution in [0.25, 0.3) is 0 Å². The van der Waals surface area contributed by atoms with E-state index >= 15 is 0 Å². The second kappa shape index (κ2) is 8.09. The summed E-state index contributed by atoms with van der Waals surface area (Å²) in [6.07, 6.45) is 1.62. The van der Waals surface area contributed by atoms with Gasteiger partial charge in [-0.1, -0.05) is 17.3 Å². The number of halogens is 1. The molecule has 27 heavy (non-hydrogen) atoms. The number of para-hydroxylation sites is 1. The molecule has 0 atom stereocenters. The second-order valence-electron chi connectivity index (χ2n) is 5.73. The number of nitrogens with one attached hydrogen (secondary N) is 3. The topological polar surface area (TPSA) is 109 Å². The molecule has 140 valence electrons. The molecule has 2 amide bonds. The predicted octanol–water partition coefficient (Wildman–Crippen LogP) is 3.04. The third kappa shape index (κ3) is 4.37. The van der Waals surface area contributed by atoms with Gasteiger partial charge in [-0.25, -0.2) is 0 Å². The minimum atomic E-state index is -0.497. The number of hydrogen-bond donors (Lipinski definition) is 3. The number of hydrazine groups is 1. The van der Waals surface area contributed by atoms with Crippen molar-refractivity contribution in [2.24, 2.45) is 0 Å². The molecule has 3 aromatic rings. The van der Waals surface area contributed by atoms with Gasteiger partial charge in [0.2, 0.25) is 0 Å². The van der Waals surface area contributed by atoms with Crippen LogP contribution in [-0.4, -0.2) is 22.0 Å². The first-order valence-corrected chi connectivity index (χ1v) is 8.83. The molecule has 1 aromatic carbocycles. The van der Waals surface area contributed by atoms with Gasteiger partial charge in [0.05, 0.1) is 16.8 Å². The van der Waals surface area contributed by atoms with Crippen molar-refractivity contribution >= 4 is 27.7 Å². The Kier molecular flexibility index (Phi) is 5.60. The molecule has 0 fully saturated rings. The zero-order chi connectivity index (χ0) is 19.4. The Morgan fingerprint density at radius 2 is 1.96 bits per heavy atom. The van der Waals surface area contributed by atoms with Gasteiger partial charge >= 0.3 is 0 Å². The molecule has 8 nitrogen and oxygen atoms in total. The number of aryl methyl sites for hydroxylation is 2. The molecule has 2 heterocycles. The van der Waals surface area contributed by atoms with E-state index in [4.69, 9.17) is 9.26 Å². The van der Waals surface area contributed by atoms with E-state index < -0.39 is 11.8 Å². The lowest BCUT2D eigenvalue weighted by molar-refractivity contribution is 0.0841. The minimum absolute atomic E-state index is 0.217. The van der Waals surface area contributed by atoms with E-state index in [0.717, 1.165) is 15.7 Å². The van der Waals surface area contributed by atoms with Gasteiger partial charge in [-0.15, -0.1) is 0 Å². The first kappa shape index (κ1) is 18.7. The number of benzene rings is 1. The Morgan fingerprint density at radius 3 is 2.63 bits per heavy atom. The van der Waals surface area contributed by atoms with Crippen LogP contribution in [0.5, 0.6) is 5.75 Å². The summed E-state index contributed by atoms with van der Waals surface area (Å²) in [5, 5.41) is 3.88. The predicted molar refractivity (Wildman–Crippen MR) is 100 cm³/mol. The minimum Gasteiger partial charge on any atom is -0.488 e. The van der Waals surface area contributed by atoms with Crippen LogP contribution in [0.3, 0.4) is 0 Å². The summed E-state index contributed by atoms with van der Waals surface area (Å²) < 4.78 is 11.6. The molecule has 3 rings (SSSR count). The van der Waals surface area contributed by atoms with Gasteiger partial charge in [-0.05, 0) is 48.0 Å². The molecule has 0 bridgehead atoms. The average Bonchev–Trinajstić information content (AvgIpc) is 3.24. The van der Waals surface area contributed by atoms with Crippen molar-refractivity contribution in [3.8, 4) is 5.75 Å². The van der Waals surface area contributed by atoms with Crippen LogP contribution in [0.2, 0.25) is 0 Å². The molecule has 0 saturated carbocycles. The van der Waals surface area contributed by atoms with Gasteiger partial charge in [0, 0.05) is 10.7 Å². The van der Waals surface area contributed by atoms with Crippen molar-refractivity contribution in [1.82, 2.24) is 21.0 Å². The van der Waals surface area contributed by atoms with E-state index in [1.807, 2.05) is 6.92 Å². The average molecular weight is 433 g/mol. The Bertz CT molecular complexity index is 960. The number of carbonyl (C=O) groups excluding carboxylic acids is 2. The number of aromatic nitrogens is 2. The second-order valence-corrected chi connectivity index (χ2v) is 6.64. The van der Waals surface area contributed by atoms with E-state index in [-0.39, 0.29) is 12.2 Å². The highest BCUT2D eigenvalue weighted by Gasteiger charge is 2.16. The van der Waals surface area contributed by atoms with Crippen LogP contribution in [0.4, 0.5) is 0 Å². The number of amides is 2. The highest BCUT2D eigenvalue weighted by molar-refractivity contribution is 9.10. The van der Waals surface area contributed by atoms with Gasteiger partial charge in [-0.2, -0.15) is 0 Å². The van der Waals surface area contributed by atoms with Crippen LogP contribution in [0.15, 0.2) is 45.5 Å². The summed E-state index contributed by atoms with van der Waals surface area (Å²) in [4.78, 5) is 27.2. The zero-order valence-electron chi connectivity index (χ0n) is 14.6. The van der Waals surface area contributed by atoms with Crippen LogP contribution in [-0.2, 0) is 6.61 Å². The van der Waals surface area contributed by atoms with E-state index in [0.29, 0.717) is 17.2 Å². The first-order valence-electron chi connectivity index (χ1n) is 8.04. The molecule has 0 spiro atoms. The monoisotopic (exact) mass is 432 g/mol. The fourth-order valence-electron chi connectivity index (χ4n) is 2.39. The van der Waals surface area contributed by atoms with Gasteiger partial charge in [0.25, 0.3) is 11.8 Å². The Balaban J connectivity index is 1.65. The van der Waals surface area contributed by atoms with Gasteiger partial charge in [0.15, 0.2) is 0 Å². The van der Waals surface area contributed by atoms with Crippen LogP contribution in [0.1, 0.15) is 37.9 Å². The van der Waals surface area contributed by atoms with Crippen molar-refractivity contribution < 1.29 is 18.8 Å². The van der Waals surface area contributed by atoms with Crippen molar-refractivity contribution in [3.63, 3.8) is 0 Å². The highest BCUT2D eigenvalue weighted by atomic mass is 79.9. The van der Waals surface area contributed by atoms with Gasteiger partial charge in [-0.3, -0.25) is 20.4 Å². The van der Waals surface area contributed by atoms with E-state index in [1.165, 1.54) is 0 Å². The fourth-order valence-corrected chi connectivity index (χ4v) is 2.73. The molecular formula is C18H17BrN4O4. The maximum Gasteiger partial charge on any atom is 0.286 e. The third-order valence-corrected chi connectivity index (χ3v) is 4.32. The van der Waals surface area contributed by atoms with Gasteiger partial charge < -0.3 is 14.2 Å². The van der Waals surface area contributed by atoms with Gasteiger partial charge in [0.1, 0.15) is 23.8 Å². The largest absolute Gasteiger partial charge is 0.488 e. The van der Waals surface area contributed by atoms with E-state index in [2.05, 4.69) is 36.9 Å². The molecule has 0 saturated heterocycles. The first-order chi connectivity index (χ1) is 13.0. The number of hydrogen-bond acceptors (Lipinski definition) is 5. The molecule has 0 radical (unpaired) electrons. The summed E-state index contributed by atoms with van der Waals surface area (Å²) in [5.41, 5.74) is 6.90. The maximum absolute atomic E-state index is 12.4. The molecule has 0 aliphatic heterocycles. The summed E-state index contributed by atoms with van der Waals surface area (Å²) >= 11 is 3.24. The molecule has 0 unspecified atom stereocenters. The number of nitrogens with zero attached hydrogens (tertiary/aromatic N) is 1.